The van der Waals surface area contributed by atoms with Gasteiger partial charge in [0.25, 0.3) is 0 Å². The Kier molecular flexibility index (Phi) is 9.14. The maximum Gasteiger partial charge on any atom is 0.228 e. The number of sulfone groups is 2. The van der Waals surface area contributed by atoms with Crippen LogP contribution in [0.1, 0.15) is 27.3 Å². The van der Waals surface area contributed by atoms with Crippen molar-refractivity contribution in [2.45, 2.75) is 9.79 Å². The number of aromatic amines is 2. The molecule has 0 saturated carbocycles. The van der Waals surface area contributed by atoms with E-state index in [1.807, 2.05) is 0 Å². The molecule has 0 bridgehead atoms. The SMILES string of the molecule is O=C(c1[nH]c2c(F)cccc2c1S(=O)(=O)CC=Cc1ccc(Cl)cc1)c1[nH]c2c(F)cccc2c1S(=O)(=O)CC=Cc1ccc(Cl)cc1. The van der Waals surface area contributed by atoms with E-state index in [-0.39, 0.29) is 21.8 Å². The van der Waals surface area contributed by atoms with Gasteiger partial charge in [-0.3, -0.25) is 4.79 Å². The number of fused-ring (bicyclic) bond motifs is 2. The molecule has 2 aromatic heterocycles. The number of hydrogen-bond acceptors (Lipinski definition) is 5. The summed E-state index contributed by atoms with van der Waals surface area (Å²) in [5, 5.41) is 0.797. The molecular weight excluding hydrogens is 701 g/mol. The van der Waals surface area contributed by atoms with Gasteiger partial charge < -0.3 is 9.97 Å². The normalized spacial score (nSPS) is 12.6. The number of para-hydroxylation sites is 2. The number of ketones is 1. The molecule has 0 radical (unpaired) electrons. The number of benzene rings is 4. The third kappa shape index (κ3) is 6.59. The van der Waals surface area contributed by atoms with Crippen LogP contribution in [0, 0.1) is 11.6 Å². The number of H-pyrrole nitrogens is 2. The van der Waals surface area contributed by atoms with E-state index in [2.05, 4.69) is 9.97 Å². The van der Waals surface area contributed by atoms with Crippen molar-refractivity contribution in [3.05, 3.63) is 141 Å². The van der Waals surface area contributed by atoms with Crippen molar-refractivity contribution in [1.29, 1.82) is 0 Å². The lowest BCUT2D eigenvalue weighted by Gasteiger charge is -2.07. The zero-order valence-corrected chi connectivity index (χ0v) is 27.8. The van der Waals surface area contributed by atoms with Gasteiger partial charge in [0.15, 0.2) is 19.7 Å². The number of carbonyl (C=O) groups is 1. The van der Waals surface area contributed by atoms with E-state index in [1.54, 1.807) is 60.7 Å². The Balaban J connectivity index is 1.46. The molecule has 0 unspecified atom stereocenters. The molecule has 0 amide bonds. The lowest BCUT2D eigenvalue weighted by Crippen LogP contribution is -2.15. The molecular formula is C35H24Cl2F2N2O5S2. The maximum absolute atomic E-state index is 15.0. The van der Waals surface area contributed by atoms with Gasteiger partial charge in [-0.25, -0.2) is 25.6 Å². The first-order valence-corrected chi connectivity index (χ1v) is 18.4. The average Bonchev–Trinajstić information content (AvgIpc) is 3.65. The minimum Gasteiger partial charge on any atom is -0.348 e. The second-order valence-corrected chi connectivity index (χ2v) is 15.6. The second-order valence-electron chi connectivity index (χ2n) is 10.8. The van der Waals surface area contributed by atoms with Crippen LogP contribution < -0.4 is 0 Å². The maximum atomic E-state index is 15.0. The van der Waals surface area contributed by atoms with Crippen molar-refractivity contribution in [2.24, 2.45) is 0 Å². The number of hydrogen-bond donors (Lipinski definition) is 2. The van der Waals surface area contributed by atoms with Gasteiger partial charge in [0.2, 0.25) is 5.78 Å². The highest BCUT2D eigenvalue weighted by molar-refractivity contribution is 7.92. The van der Waals surface area contributed by atoms with Crippen molar-refractivity contribution >= 4 is 82.6 Å². The molecule has 48 heavy (non-hydrogen) atoms. The second kappa shape index (κ2) is 13.2. The van der Waals surface area contributed by atoms with Crippen LogP contribution in [-0.2, 0) is 19.7 Å². The van der Waals surface area contributed by atoms with Crippen LogP contribution in [0.4, 0.5) is 8.78 Å². The van der Waals surface area contributed by atoms with E-state index in [1.165, 1.54) is 36.4 Å². The number of halogens is 4. The van der Waals surface area contributed by atoms with Crippen LogP contribution in [0.3, 0.4) is 0 Å². The summed E-state index contributed by atoms with van der Waals surface area (Å²) in [7, 11) is -8.69. The number of rotatable bonds is 10. The highest BCUT2D eigenvalue weighted by Crippen LogP contribution is 2.35. The van der Waals surface area contributed by atoms with Crippen molar-refractivity contribution in [3.8, 4) is 0 Å². The van der Waals surface area contributed by atoms with E-state index in [0.717, 1.165) is 12.1 Å². The smallest absolute Gasteiger partial charge is 0.228 e. The highest BCUT2D eigenvalue weighted by atomic mass is 35.5. The van der Waals surface area contributed by atoms with Gasteiger partial charge in [-0.2, -0.15) is 0 Å². The van der Waals surface area contributed by atoms with Crippen LogP contribution in [0.15, 0.2) is 107 Å². The Labute approximate surface area is 284 Å². The van der Waals surface area contributed by atoms with Crippen LogP contribution in [0.25, 0.3) is 34.0 Å². The summed E-state index contributed by atoms with van der Waals surface area (Å²) in [4.78, 5) is 18.4. The average molecular weight is 726 g/mol. The molecule has 0 fully saturated rings. The minimum absolute atomic E-state index is 0.101. The number of nitrogens with one attached hydrogen (secondary N) is 2. The third-order valence-corrected chi connectivity index (χ3v) is 11.4. The van der Waals surface area contributed by atoms with E-state index >= 15 is 0 Å². The van der Waals surface area contributed by atoms with Gasteiger partial charge in [0.05, 0.1) is 22.5 Å². The van der Waals surface area contributed by atoms with Crippen molar-refractivity contribution < 1.29 is 30.4 Å². The fourth-order valence-corrected chi connectivity index (χ4v) is 8.54. The summed E-state index contributed by atoms with van der Waals surface area (Å²) in [5.74, 6) is -3.94. The number of aromatic nitrogens is 2. The zero-order valence-electron chi connectivity index (χ0n) is 24.7. The Morgan fingerprint density at radius 1 is 0.604 bits per heavy atom. The first kappa shape index (κ1) is 33.4. The summed E-state index contributed by atoms with van der Waals surface area (Å²) in [6, 6.07) is 20.7. The molecule has 6 rings (SSSR count). The zero-order chi connectivity index (χ0) is 34.2. The molecule has 0 aliphatic heterocycles. The highest BCUT2D eigenvalue weighted by Gasteiger charge is 2.34. The molecule has 244 valence electrons. The molecule has 6 aromatic rings. The quantitative estimate of drug-likeness (QED) is 0.138. The standard InChI is InChI=1S/C35H24Cl2F2N2O5S2/c36-23-15-11-21(12-16-23)5-3-19-47(43,44)34-25-7-1-9-27(38)29(25)40-31(34)33(42)32-35(26-8-2-10-28(39)30(26)41-32)48(45,46)20-4-6-22-13-17-24(37)18-14-22/h1-18,40-41H,19-20H2. The number of carbonyl (C=O) groups excluding carboxylic acids is 1. The van der Waals surface area contributed by atoms with Gasteiger partial charge >= 0.3 is 0 Å². The first-order valence-electron chi connectivity index (χ1n) is 14.3. The Hall–Kier alpha value is -4.55. The Morgan fingerprint density at radius 3 is 1.35 bits per heavy atom. The molecule has 7 nitrogen and oxygen atoms in total. The summed E-state index contributed by atoms with van der Waals surface area (Å²) in [5.41, 5.74) is -0.352. The third-order valence-electron chi connectivity index (χ3n) is 7.54. The lowest BCUT2D eigenvalue weighted by atomic mass is 10.2. The summed E-state index contributed by atoms with van der Waals surface area (Å²) < 4.78 is 85.4. The van der Waals surface area contributed by atoms with E-state index in [4.69, 9.17) is 23.2 Å². The molecule has 0 aliphatic rings. The molecule has 0 aliphatic carbocycles. The van der Waals surface area contributed by atoms with Crippen LogP contribution in [0.2, 0.25) is 10.0 Å². The molecule has 0 atom stereocenters. The summed E-state index contributed by atoms with van der Waals surface area (Å²) in [6.07, 6.45) is 5.83. The molecule has 13 heteroatoms. The molecule has 0 saturated heterocycles. The molecule has 2 heterocycles. The van der Waals surface area contributed by atoms with Crippen LogP contribution in [0.5, 0.6) is 0 Å². The Bertz CT molecular complexity index is 2310. The first-order chi connectivity index (χ1) is 22.9. The van der Waals surface area contributed by atoms with Crippen LogP contribution >= 0.6 is 23.2 Å². The predicted molar refractivity (Wildman–Crippen MR) is 185 cm³/mol. The van der Waals surface area contributed by atoms with Crippen molar-refractivity contribution in [2.75, 3.05) is 11.5 Å². The fourth-order valence-electron chi connectivity index (χ4n) is 5.34. The van der Waals surface area contributed by atoms with Crippen molar-refractivity contribution in [1.82, 2.24) is 9.97 Å². The predicted octanol–water partition coefficient (Wildman–Crippen LogP) is 8.44. The van der Waals surface area contributed by atoms with Gasteiger partial charge in [0.1, 0.15) is 32.8 Å². The summed E-state index contributed by atoms with van der Waals surface area (Å²) in [6.45, 7) is 0. The van der Waals surface area contributed by atoms with Gasteiger partial charge in [0, 0.05) is 20.8 Å². The van der Waals surface area contributed by atoms with Crippen molar-refractivity contribution in [3.63, 3.8) is 0 Å². The van der Waals surface area contributed by atoms with Gasteiger partial charge in [-0.1, -0.05) is 96.0 Å². The minimum atomic E-state index is -4.35. The topological polar surface area (TPSA) is 117 Å². The fraction of sp³-hybridized carbons (Fsp3) is 0.0571. The van der Waals surface area contributed by atoms with E-state index in [9.17, 15) is 30.4 Å². The largest absolute Gasteiger partial charge is 0.348 e. The van der Waals surface area contributed by atoms with Gasteiger partial charge in [-0.05, 0) is 47.5 Å². The monoisotopic (exact) mass is 724 g/mol. The van der Waals surface area contributed by atoms with E-state index in [0.29, 0.717) is 21.2 Å². The lowest BCUT2D eigenvalue weighted by molar-refractivity contribution is 0.102. The summed E-state index contributed by atoms with van der Waals surface area (Å²) >= 11 is 11.9. The van der Waals surface area contributed by atoms with Gasteiger partial charge in [-0.15, -0.1) is 0 Å². The van der Waals surface area contributed by atoms with Crippen LogP contribution in [-0.4, -0.2) is 44.1 Å². The molecule has 0 spiro atoms. The Morgan fingerprint density at radius 2 is 0.979 bits per heavy atom. The molecule has 4 aromatic carbocycles. The van der Waals surface area contributed by atoms with E-state index < -0.39 is 69.8 Å². The molecule has 2 N–H and O–H groups in total.